The van der Waals surface area contributed by atoms with E-state index < -0.39 is 0 Å². The molecule has 0 amide bonds. The Balaban J connectivity index is 1.54. The predicted molar refractivity (Wildman–Crippen MR) is 103 cm³/mol. The van der Waals surface area contributed by atoms with Crippen molar-refractivity contribution in [2.75, 3.05) is 25.5 Å². The van der Waals surface area contributed by atoms with Crippen molar-refractivity contribution in [3.05, 3.63) is 53.2 Å². The molecule has 142 valence electrons. The lowest BCUT2D eigenvalue weighted by atomic mass is 9.99. The Bertz CT molecular complexity index is 863. The molecule has 3 heterocycles. The number of anilines is 1. The molecule has 6 nitrogen and oxygen atoms in total. The molecule has 1 saturated heterocycles. The quantitative estimate of drug-likeness (QED) is 0.753. The zero-order chi connectivity index (χ0) is 18.8. The van der Waals surface area contributed by atoms with Crippen molar-refractivity contribution >= 4 is 11.5 Å². The van der Waals surface area contributed by atoms with Gasteiger partial charge in [-0.05, 0) is 43.7 Å². The van der Waals surface area contributed by atoms with Gasteiger partial charge in [0.05, 0.1) is 24.4 Å². The lowest BCUT2D eigenvalue weighted by Gasteiger charge is -2.16. The van der Waals surface area contributed by atoms with E-state index in [1.807, 2.05) is 19.2 Å². The van der Waals surface area contributed by atoms with Gasteiger partial charge in [-0.15, -0.1) is 0 Å². The maximum Gasteiger partial charge on any atom is 0.223 e. The number of hydrogen-bond donors (Lipinski definition) is 3. The van der Waals surface area contributed by atoms with Crippen molar-refractivity contribution in [2.24, 2.45) is 0 Å². The maximum absolute atomic E-state index is 14.4. The molecule has 0 saturated carbocycles. The van der Waals surface area contributed by atoms with E-state index in [0.29, 0.717) is 29.7 Å². The summed E-state index contributed by atoms with van der Waals surface area (Å²) in [6.45, 7) is 3.90. The van der Waals surface area contributed by atoms with Gasteiger partial charge in [0.1, 0.15) is 11.6 Å². The van der Waals surface area contributed by atoms with Gasteiger partial charge < -0.3 is 20.7 Å². The van der Waals surface area contributed by atoms with Crippen molar-refractivity contribution in [3.8, 4) is 5.75 Å². The van der Waals surface area contributed by atoms with Crippen LogP contribution in [0.2, 0.25) is 0 Å². The van der Waals surface area contributed by atoms with Crippen molar-refractivity contribution in [1.82, 2.24) is 20.6 Å². The van der Waals surface area contributed by atoms with Gasteiger partial charge in [-0.1, -0.05) is 6.07 Å². The van der Waals surface area contributed by atoms with Gasteiger partial charge in [-0.3, -0.25) is 0 Å². The van der Waals surface area contributed by atoms with Gasteiger partial charge in [0, 0.05) is 30.9 Å². The van der Waals surface area contributed by atoms with E-state index in [0.717, 1.165) is 36.5 Å². The summed E-state index contributed by atoms with van der Waals surface area (Å²) in [5, 5.41) is 10.1. The van der Waals surface area contributed by atoms with Crippen LogP contribution in [0.15, 0.2) is 30.5 Å². The number of rotatable bonds is 5. The predicted octanol–water partition coefficient (Wildman–Crippen LogP) is 2.78. The summed E-state index contributed by atoms with van der Waals surface area (Å²) < 4.78 is 19.7. The second-order valence-electron chi connectivity index (χ2n) is 7.00. The Kier molecular flexibility index (Phi) is 4.94. The molecule has 2 aliphatic heterocycles. The third kappa shape index (κ3) is 3.73. The SMILES string of the molecule is COc1cccc(F)c1C1=CNC(c2cc(C)nc(N[C@@H]3CCNC3)n2)C1. The van der Waals surface area contributed by atoms with Gasteiger partial charge in [0.2, 0.25) is 5.95 Å². The lowest BCUT2D eigenvalue weighted by Crippen LogP contribution is -2.24. The summed E-state index contributed by atoms with van der Waals surface area (Å²) in [5.41, 5.74) is 3.20. The fraction of sp³-hybridized carbons (Fsp3) is 0.400. The third-order valence-corrected chi connectivity index (χ3v) is 5.02. The van der Waals surface area contributed by atoms with E-state index in [4.69, 9.17) is 9.72 Å². The van der Waals surface area contributed by atoms with Crippen LogP contribution in [0.5, 0.6) is 5.75 Å². The summed E-state index contributed by atoms with van der Waals surface area (Å²) in [4.78, 5) is 9.21. The molecule has 1 fully saturated rings. The van der Waals surface area contributed by atoms with Gasteiger partial charge >= 0.3 is 0 Å². The van der Waals surface area contributed by atoms with E-state index >= 15 is 0 Å². The van der Waals surface area contributed by atoms with Crippen molar-refractivity contribution in [3.63, 3.8) is 0 Å². The Labute approximate surface area is 158 Å². The average Bonchev–Trinajstić information content (AvgIpc) is 3.33. The molecule has 7 heteroatoms. The number of hydrogen-bond acceptors (Lipinski definition) is 6. The molecule has 27 heavy (non-hydrogen) atoms. The van der Waals surface area contributed by atoms with Crippen molar-refractivity contribution in [1.29, 1.82) is 0 Å². The number of nitrogens with zero attached hydrogens (tertiary/aromatic N) is 2. The zero-order valence-electron chi connectivity index (χ0n) is 15.6. The molecule has 0 radical (unpaired) electrons. The maximum atomic E-state index is 14.4. The first-order valence-electron chi connectivity index (χ1n) is 9.25. The van der Waals surface area contributed by atoms with Crippen molar-refractivity contribution < 1.29 is 9.13 Å². The Morgan fingerprint density at radius 1 is 1.30 bits per heavy atom. The van der Waals surface area contributed by atoms with E-state index in [1.54, 1.807) is 19.2 Å². The largest absolute Gasteiger partial charge is 0.496 e. The van der Waals surface area contributed by atoms with Crippen molar-refractivity contribution in [2.45, 2.75) is 31.8 Å². The fourth-order valence-corrected chi connectivity index (χ4v) is 3.69. The molecule has 2 aliphatic rings. The summed E-state index contributed by atoms with van der Waals surface area (Å²) in [5.74, 6) is 0.911. The Morgan fingerprint density at radius 3 is 2.96 bits per heavy atom. The number of halogens is 1. The molecule has 0 bridgehead atoms. The van der Waals surface area contributed by atoms with E-state index in [2.05, 4.69) is 20.9 Å². The molecule has 3 N–H and O–H groups in total. The van der Waals surface area contributed by atoms with E-state index in [-0.39, 0.29) is 11.9 Å². The fourth-order valence-electron chi connectivity index (χ4n) is 3.69. The van der Waals surface area contributed by atoms with Crippen LogP contribution < -0.4 is 20.7 Å². The van der Waals surface area contributed by atoms with Crippen LogP contribution in [0.3, 0.4) is 0 Å². The average molecular weight is 369 g/mol. The van der Waals surface area contributed by atoms with Crippen LogP contribution in [-0.4, -0.2) is 36.2 Å². The van der Waals surface area contributed by atoms with Crippen LogP contribution in [0, 0.1) is 12.7 Å². The second kappa shape index (κ2) is 7.52. The molecule has 2 aromatic rings. The smallest absolute Gasteiger partial charge is 0.223 e. The minimum absolute atomic E-state index is 0.0201. The first-order valence-corrected chi connectivity index (χ1v) is 9.25. The van der Waals surface area contributed by atoms with Gasteiger partial charge in [-0.25, -0.2) is 14.4 Å². The van der Waals surface area contributed by atoms with E-state index in [1.165, 1.54) is 6.07 Å². The Morgan fingerprint density at radius 2 is 2.19 bits per heavy atom. The summed E-state index contributed by atoms with van der Waals surface area (Å²) >= 11 is 0. The first-order chi connectivity index (χ1) is 13.1. The van der Waals surface area contributed by atoms with Gasteiger partial charge in [-0.2, -0.15) is 0 Å². The number of aryl methyl sites for hydroxylation is 1. The van der Waals surface area contributed by atoms with Crippen LogP contribution in [0.4, 0.5) is 10.3 Å². The number of nitrogens with one attached hydrogen (secondary N) is 3. The molecular weight excluding hydrogens is 345 g/mol. The highest BCUT2D eigenvalue weighted by atomic mass is 19.1. The molecular formula is C20H24FN5O. The summed E-state index contributed by atoms with van der Waals surface area (Å²) in [6.07, 6.45) is 3.56. The van der Waals surface area contributed by atoms with Crippen LogP contribution in [0.25, 0.3) is 5.57 Å². The zero-order valence-corrected chi connectivity index (χ0v) is 15.6. The molecule has 4 rings (SSSR count). The Hall–Kier alpha value is -2.67. The normalized spacial score (nSPS) is 21.7. The molecule has 0 spiro atoms. The van der Waals surface area contributed by atoms with Crippen LogP contribution >= 0.6 is 0 Å². The number of aromatic nitrogens is 2. The molecule has 1 aromatic carbocycles. The second-order valence-corrected chi connectivity index (χ2v) is 7.00. The minimum atomic E-state index is -0.280. The molecule has 0 aliphatic carbocycles. The highest BCUT2D eigenvalue weighted by molar-refractivity contribution is 5.73. The van der Waals surface area contributed by atoms with Gasteiger partial charge in [0.15, 0.2) is 0 Å². The number of ether oxygens (including phenoxy) is 1. The number of methoxy groups -OCH3 is 1. The molecule has 1 aromatic heterocycles. The number of benzene rings is 1. The van der Waals surface area contributed by atoms with Crippen LogP contribution in [0.1, 0.15) is 35.8 Å². The summed E-state index contributed by atoms with van der Waals surface area (Å²) in [6, 6.07) is 7.20. The van der Waals surface area contributed by atoms with Gasteiger partial charge in [0.25, 0.3) is 0 Å². The standard InChI is InChI=1S/C20H24FN5O/c1-12-8-17(26-20(24-12)25-14-6-7-22-11-14)16-9-13(10-23-16)19-15(21)4-3-5-18(19)27-2/h3-5,8,10,14,16,22-23H,6-7,9,11H2,1-2H3,(H,24,25,26)/t14-,16?/m1/s1. The summed E-state index contributed by atoms with van der Waals surface area (Å²) in [7, 11) is 1.56. The third-order valence-electron chi connectivity index (χ3n) is 5.02. The van der Waals surface area contributed by atoms with Crippen LogP contribution in [-0.2, 0) is 0 Å². The van der Waals surface area contributed by atoms with E-state index in [9.17, 15) is 4.39 Å². The topological polar surface area (TPSA) is 71.1 Å². The lowest BCUT2D eigenvalue weighted by molar-refractivity contribution is 0.409. The minimum Gasteiger partial charge on any atom is -0.496 e. The highest BCUT2D eigenvalue weighted by Crippen LogP contribution is 2.37. The first kappa shape index (κ1) is 17.7. The highest BCUT2D eigenvalue weighted by Gasteiger charge is 2.25. The monoisotopic (exact) mass is 369 g/mol. The molecule has 1 unspecified atom stereocenters. The molecule has 2 atom stereocenters.